The van der Waals surface area contributed by atoms with Crippen LogP contribution in [-0.4, -0.2) is 17.9 Å². The van der Waals surface area contributed by atoms with Gasteiger partial charge in [-0.1, -0.05) is 37.5 Å². The van der Waals surface area contributed by atoms with Gasteiger partial charge in [0.2, 0.25) is 11.8 Å². The average Bonchev–Trinajstić information content (AvgIpc) is 2.68. The molecule has 1 fully saturated rings. The van der Waals surface area contributed by atoms with E-state index in [1.54, 1.807) is 0 Å². The predicted octanol–water partition coefficient (Wildman–Crippen LogP) is 4.52. The van der Waals surface area contributed by atoms with Crippen LogP contribution in [0.3, 0.4) is 0 Å². The van der Waals surface area contributed by atoms with E-state index < -0.39 is 35.3 Å². The molecule has 0 aliphatic heterocycles. The minimum atomic E-state index is -4.84. The van der Waals surface area contributed by atoms with Crippen molar-refractivity contribution in [2.75, 3.05) is 0 Å². The van der Waals surface area contributed by atoms with Gasteiger partial charge in [-0.05, 0) is 48.2 Å². The maximum absolute atomic E-state index is 13.9. The second kappa shape index (κ2) is 8.85. The number of amides is 2. The van der Waals surface area contributed by atoms with Gasteiger partial charge in [0.15, 0.2) is 0 Å². The molecule has 1 aliphatic carbocycles. The fourth-order valence-electron chi connectivity index (χ4n) is 3.90. The maximum Gasteiger partial charge on any atom is 0.416 e. The smallest absolute Gasteiger partial charge is 0.366 e. The molecule has 4 nitrogen and oxygen atoms in total. The Balaban J connectivity index is 2.10. The van der Waals surface area contributed by atoms with E-state index in [1.165, 1.54) is 12.1 Å². The summed E-state index contributed by atoms with van der Waals surface area (Å²) in [6.07, 6.45) is -0.444. The molecule has 0 saturated heterocycles. The van der Waals surface area contributed by atoms with Crippen LogP contribution >= 0.6 is 0 Å². The SMILES string of the molecule is NC(=O)c1ccc(C(C(=O)NC2CCCCC2)c2cccc(F)c2)c(C(F)(F)F)c1. The molecule has 0 spiro atoms. The third-order valence-electron chi connectivity index (χ3n) is 5.35. The Morgan fingerprint density at radius 2 is 1.73 bits per heavy atom. The standard InChI is InChI=1S/C22H22F4N2O2/c23-15-6-4-5-13(11-15)19(21(30)28-16-7-2-1-3-8-16)17-10-9-14(20(27)29)12-18(17)22(24,25)26/h4-6,9-12,16,19H,1-3,7-8H2,(H2,27,29)(H,28,30). The van der Waals surface area contributed by atoms with Crippen molar-refractivity contribution in [1.82, 2.24) is 5.32 Å². The molecular formula is C22H22F4N2O2. The van der Waals surface area contributed by atoms with Crippen molar-refractivity contribution in [3.63, 3.8) is 0 Å². The average molecular weight is 422 g/mol. The zero-order valence-corrected chi connectivity index (χ0v) is 16.1. The van der Waals surface area contributed by atoms with Gasteiger partial charge in [0.05, 0.1) is 11.5 Å². The molecule has 0 bridgehead atoms. The van der Waals surface area contributed by atoms with Crippen LogP contribution in [0.15, 0.2) is 42.5 Å². The first kappa shape index (κ1) is 21.8. The van der Waals surface area contributed by atoms with E-state index in [-0.39, 0.29) is 22.7 Å². The molecule has 3 N–H and O–H groups in total. The largest absolute Gasteiger partial charge is 0.416 e. The highest BCUT2D eigenvalue weighted by Crippen LogP contribution is 2.38. The van der Waals surface area contributed by atoms with Crippen molar-refractivity contribution in [3.05, 3.63) is 70.5 Å². The number of nitrogens with one attached hydrogen (secondary N) is 1. The zero-order chi connectivity index (χ0) is 21.9. The lowest BCUT2D eigenvalue weighted by atomic mass is 9.85. The highest BCUT2D eigenvalue weighted by Gasteiger charge is 2.38. The highest BCUT2D eigenvalue weighted by atomic mass is 19.4. The van der Waals surface area contributed by atoms with Crippen molar-refractivity contribution in [2.24, 2.45) is 5.73 Å². The van der Waals surface area contributed by atoms with E-state index in [1.807, 2.05) is 0 Å². The van der Waals surface area contributed by atoms with Crippen LogP contribution in [0.5, 0.6) is 0 Å². The number of primary amides is 1. The minimum Gasteiger partial charge on any atom is -0.366 e. The monoisotopic (exact) mass is 422 g/mol. The molecule has 160 valence electrons. The van der Waals surface area contributed by atoms with Gasteiger partial charge in [0.25, 0.3) is 0 Å². The third-order valence-corrected chi connectivity index (χ3v) is 5.35. The molecule has 1 atom stereocenters. The van der Waals surface area contributed by atoms with Crippen molar-refractivity contribution < 1.29 is 27.2 Å². The van der Waals surface area contributed by atoms with Crippen LogP contribution in [0.4, 0.5) is 17.6 Å². The van der Waals surface area contributed by atoms with E-state index in [0.29, 0.717) is 6.07 Å². The molecule has 0 radical (unpaired) electrons. The summed E-state index contributed by atoms with van der Waals surface area (Å²) in [6.45, 7) is 0. The van der Waals surface area contributed by atoms with Crippen molar-refractivity contribution in [1.29, 1.82) is 0 Å². The first-order valence-electron chi connectivity index (χ1n) is 9.73. The van der Waals surface area contributed by atoms with Crippen molar-refractivity contribution in [3.8, 4) is 0 Å². The number of carbonyl (C=O) groups excluding carboxylic acids is 2. The van der Waals surface area contributed by atoms with E-state index >= 15 is 0 Å². The Hall–Kier alpha value is -2.90. The van der Waals surface area contributed by atoms with Crippen LogP contribution in [0, 0.1) is 5.82 Å². The summed E-state index contributed by atoms with van der Waals surface area (Å²) in [5, 5.41) is 2.83. The lowest BCUT2D eigenvalue weighted by Gasteiger charge is -2.27. The number of nitrogens with two attached hydrogens (primary N) is 1. The third kappa shape index (κ3) is 4.98. The molecule has 8 heteroatoms. The Labute approximate surface area is 171 Å². The topological polar surface area (TPSA) is 72.2 Å². The molecule has 30 heavy (non-hydrogen) atoms. The van der Waals surface area contributed by atoms with E-state index in [9.17, 15) is 27.2 Å². The zero-order valence-electron chi connectivity index (χ0n) is 16.1. The second-order valence-corrected chi connectivity index (χ2v) is 7.50. The number of benzene rings is 2. The fourth-order valence-corrected chi connectivity index (χ4v) is 3.90. The molecule has 2 amide bonds. The number of halogens is 4. The van der Waals surface area contributed by atoms with Crippen molar-refractivity contribution in [2.45, 2.75) is 50.2 Å². The molecule has 0 aromatic heterocycles. The molecule has 2 aromatic rings. The maximum atomic E-state index is 13.9. The lowest BCUT2D eigenvalue weighted by molar-refractivity contribution is -0.138. The van der Waals surface area contributed by atoms with E-state index in [2.05, 4.69) is 5.32 Å². The minimum absolute atomic E-state index is 0.0978. The Morgan fingerprint density at radius 3 is 2.33 bits per heavy atom. The summed E-state index contributed by atoms with van der Waals surface area (Å²) >= 11 is 0. The van der Waals surface area contributed by atoms with Gasteiger partial charge in [0.1, 0.15) is 5.82 Å². The summed E-state index contributed by atoms with van der Waals surface area (Å²) in [5.41, 5.74) is 3.41. The molecule has 1 aliphatic rings. The number of hydrogen-bond donors (Lipinski definition) is 2. The van der Waals surface area contributed by atoms with Gasteiger partial charge in [-0.15, -0.1) is 0 Å². The molecule has 1 saturated carbocycles. The van der Waals surface area contributed by atoms with Crippen LogP contribution in [0.2, 0.25) is 0 Å². The van der Waals surface area contributed by atoms with Crippen LogP contribution in [0.1, 0.15) is 65.1 Å². The van der Waals surface area contributed by atoms with Crippen LogP contribution in [-0.2, 0) is 11.0 Å². The quantitative estimate of drug-likeness (QED) is 0.696. The van der Waals surface area contributed by atoms with Gasteiger partial charge in [-0.2, -0.15) is 13.2 Å². The Kier molecular flexibility index (Phi) is 6.43. The van der Waals surface area contributed by atoms with E-state index in [0.717, 1.165) is 56.4 Å². The van der Waals surface area contributed by atoms with Crippen molar-refractivity contribution >= 4 is 11.8 Å². The number of carbonyl (C=O) groups is 2. The Morgan fingerprint density at radius 1 is 1.03 bits per heavy atom. The summed E-state index contributed by atoms with van der Waals surface area (Å²) < 4.78 is 55.3. The molecule has 1 unspecified atom stereocenters. The van der Waals surface area contributed by atoms with Gasteiger partial charge in [0, 0.05) is 11.6 Å². The fraction of sp³-hybridized carbons (Fsp3) is 0.364. The van der Waals surface area contributed by atoms with E-state index in [4.69, 9.17) is 5.73 Å². The number of hydrogen-bond acceptors (Lipinski definition) is 2. The summed E-state index contributed by atoms with van der Waals surface area (Å²) in [7, 11) is 0. The highest BCUT2D eigenvalue weighted by molar-refractivity contribution is 5.94. The summed E-state index contributed by atoms with van der Waals surface area (Å²) in [6, 6.07) is 7.67. The molecular weight excluding hydrogens is 400 g/mol. The normalized spacial score (nSPS) is 16.1. The number of rotatable bonds is 5. The summed E-state index contributed by atoms with van der Waals surface area (Å²) in [4.78, 5) is 24.5. The van der Waals surface area contributed by atoms with Gasteiger partial charge < -0.3 is 11.1 Å². The van der Waals surface area contributed by atoms with Crippen LogP contribution < -0.4 is 11.1 Å². The second-order valence-electron chi connectivity index (χ2n) is 7.50. The van der Waals surface area contributed by atoms with Gasteiger partial charge in [-0.3, -0.25) is 9.59 Å². The lowest BCUT2D eigenvalue weighted by Crippen LogP contribution is -2.40. The molecule has 0 heterocycles. The predicted molar refractivity (Wildman–Crippen MR) is 103 cm³/mol. The number of alkyl halides is 3. The first-order chi connectivity index (χ1) is 14.2. The van der Waals surface area contributed by atoms with Crippen LogP contribution in [0.25, 0.3) is 0 Å². The molecule has 2 aromatic carbocycles. The van der Waals surface area contributed by atoms with Gasteiger partial charge in [-0.25, -0.2) is 4.39 Å². The van der Waals surface area contributed by atoms with Gasteiger partial charge >= 0.3 is 6.18 Å². The first-order valence-corrected chi connectivity index (χ1v) is 9.73. The molecule has 3 rings (SSSR count). The summed E-state index contributed by atoms with van der Waals surface area (Å²) in [5.74, 6) is -3.70. The Bertz CT molecular complexity index is 937.